The first-order chi connectivity index (χ1) is 13.1. The fourth-order valence-corrected chi connectivity index (χ4v) is 4.71. The molecule has 1 saturated carbocycles. The van der Waals surface area contributed by atoms with Crippen LogP contribution in [0.4, 0.5) is 0 Å². The number of nitrogens with zero attached hydrogens (tertiary/aromatic N) is 3. The van der Waals surface area contributed by atoms with Crippen LogP contribution in [0.25, 0.3) is 22.3 Å². The van der Waals surface area contributed by atoms with Gasteiger partial charge in [0, 0.05) is 35.1 Å². The summed E-state index contributed by atoms with van der Waals surface area (Å²) in [6.07, 6.45) is 3.54. The second kappa shape index (κ2) is 5.94. The van der Waals surface area contributed by atoms with Crippen LogP contribution < -0.4 is 0 Å². The average molecular weight is 360 g/mol. The normalized spacial score (nSPS) is 23.9. The van der Waals surface area contributed by atoms with E-state index in [1.165, 1.54) is 6.08 Å². The summed E-state index contributed by atoms with van der Waals surface area (Å²) in [4.78, 5) is 17.5. The number of para-hydroxylation sites is 1. The van der Waals surface area contributed by atoms with Gasteiger partial charge < -0.3 is 15.0 Å². The van der Waals surface area contributed by atoms with Crippen LogP contribution in [0.15, 0.2) is 49.1 Å². The lowest BCUT2D eigenvalue weighted by Gasteiger charge is -2.32. The summed E-state index contributed by atoms with van der Waals surface area (Å²) in [6, 6.07) is 11.4. The van der Waals surface area contributed by atoms with E-state index in [2.05, 4.69) is 27.8 Å². The lowest BCUT2D eigenvalue weighted by atomic mass is 9.94. The van der Waals surface area contributed by atoms with E-state index in [9.17, 15) is 9.90 Å². The molecule has 1 aromatic carbocycles. The molecule has 3 heterocycles. The second-order valence-corrected chi connectivity index (χ2v) is 7.48. The number of phenols is 1. The first kappa shape index (κ1) is 16.1. The van der Waals surface area contributed by atoms with E-state index in [0.29, 0.717) is 17.2 Å². The Labute approximate surface area is 156 Å². The van der Waals surface area contributed by atoms with Gasteiger partial charge in [-0.05, 0) is 49.1 Å². The van der Waals surface area contributed by atoms with Crippen LogP contribution in [0.2, 0.25) is 0 Å². The number of piperidine rings is 1. The Balaban J connectivity index is 1.50. The third-order valence-corrected chi connectivity index (χ3v) is 5.92. The maximum atomic E-state index is 12.1. The fraction of sp³-hybridized carbons (Fsp3) is 0.286. The van der Waals surface area contributed by atoms with Crippen molar-refractivity contribution in [3.8, 4) is 17.0 Å². The van der Waals surface area contributed by atoms with Gasteiger partial charge in [-0.3, -0.25) is 4.79 Å². The predicted molar refractivity (Wildman–Crippen MR) is 102 cm³/mol. The van der Waals surface area contributed by atoms with E-state index in [4.69, 9.17) is 0 Å². The van der Waals surface area contributed by atoms with Gasteiger partial charge in [-0.15, -0.1) is 10.2 Å². The van der Waals surface area contributed by atoms with E-state index in [-0.39, 0.29) is 23.6 Å². The van der Waals surface area contributed by atoms with E-state index in [1.54, 1.807) is 12.1 Å². The highest BCUT2D eigenvalue weighted by Crippen LogP contribution is 2.47. The molecule has 6 nitrogen and oxygen atoms in total. The predicted octanol–water partition coefficient (Wildman–Crippen LogP) is 3.22. The average Bonchev–Trinajstić information content (AvgIpc) is 3.40. The number of nitrogens with one attached hydrogen (secondary N) is 1. The lowest BCUT2D eigenvalue weighted by molar-refractivity contribution is -0.127. The van der Waals surface area contributed by atoms with E-state index < -0.39 is 0 Å². The monoisotopic (exact) mass is 360 g/mol. The molecule has 2 aliphatic rings. The van der Waals surface area contributed by atoms with Gasteiger partial charge in [-0.2, -0.15) is 0 Å². The molecule has 27 heavy (non-hydrogen) atoms. The molecule has 1 aliphatic heterocycles. The second-order valence-electron chi connectivity index (χ2n) is 7.48. The zero-order chi connectivity index (χ0) is 18.5. The van der Waals surface area contributed by atoms with Crippen molar-refractivity contribution in [3.63, 3.8) is 0 Å². The molecule has 0 radical (unpaired) electrons. The van der Waals surface area contributed by atoms with Crippen molar-refractivity contribution in [2.24, 2.45) is 5.92 Å². The number of benzene rings is 1. The van der Waals surface area contributed by atoms with Crippen molar-refractivity contribution >= 4 is 16.9 Å². The van der Waals surface area contributed by atoms with Crippen LogP contribution >= 0.6 is 0 Å². The summed E-state index contributed by atoms with van der Waals surface area (Å²) in [7, 11) is 0. The number of likely N-dealkylation sites (tertiary alicyclic amines) is 1. The maximum Gasteiger partial charge on any atom is 0.246 e. The van der Waals surface area contributed by atoms with Crippen molar-refractivity contribution in [1.82, 2.24) is 20.1 Å². The van der Waals surface area contributed by atoms with Crippen LogP contribution in [-0.4, -0.2) is 43.7 Å². The third-order valence-electron chi connectivity index (χ3n) is 5.92. The van der Waals surface area contributed by atoms with Crippen LogP contribution in [0.1, 0.15) is 24.5 Å². The quantitative estimate of drug-likeness (QED) is 0.703. The molecule has 2 N–H and O–H groups in total. The Morgan fingerprint density at radius 2 is 2.11 bits per heavy atom. The smallest absolute Gasteiger partial charge is 0.246 e. The van der Waals surface area contributed by atoms with E-state index >= 15 is 0 Å². The van der Waals surface area contributed by atoms with Crippen molar-refractivity contribution in [2.45, 2.75) is 24.8 Å². The minimum Gasteiger partial charge on any atom is -0.507 e. The number of amides is 1. The number of phenolic OH excluding ortho intramolecular Hbond substituents is 1. The number of hydrogen-bond donors (Lipinski definition) is 2. The molecule has 2 bridgehead atoms. The Bertz CT molecular complexity index is 1060. The number of aromatic amines is 1. The number of carbonyl (C=O) groups is 1. The molecule has 2 aromatic heterocycles. The molecule has 3 aromatic rings. The van der Waals surface area contributed by atoms with Gasteiger partial charge >= 0.3 is 0 Å². The van der Waals surface area contributed by atoms with Crippen LogP contribution in [0, 0.1) is 5.92 Å². The van der Waals surface area contributed by atoms with E-state index in [0.717, 1.165) is 36.1 Å². The standard InChI is InChI=1S/C21H20N4O2/c1-2-20(27)25-11-12-7-15(18(25)8-12)16-9-13-10-17(23-24-21(13)22-16)14-5-3-4-6-19(14)26/h2-6,9-10,12,15,18,26H,1,7-8,11H2,(H,22,24)/t12-,15+,18-/m1/s1. The highest BCUT2D eigenvalue weighted by Gasteiger charge is 2.47. The summed E-state index contributed by atoms with van der Waals surface area (Å²) in [6.45, 7) is 4.47. The number of rotatable bonds is 3. The molecule has 0 spiro atoms. The molecule has 6 heteroatoms. The summed E-state index contributed by atoms with van der Waals surface area (Å²) < 4.78 is 0. The molecule has 5 rings (SSSR count). The number of hydrogen-bond acceptors (Lipinski definition) is 4. The Hall–Kier alpha value is -3.15. The highest BCUT2D eigenvalue weighted by molar-refractivity contribution is 5.88. The van der Waals surface area contributed by atoms with Gasteiger partial charge in [-0.1, -0.05) is 18.7 Å². The molecule has 3 atom stereocenters. The van der Waals surface area contributed by atoms with Gasteiger partial charge in [0.1, 0.15) is 5.75 Å². The molecule has 2 fully saturated rings. The topological polar surface area (TPSA) is 82.1 Å². The summed E-state index contributed by atoms with van der Waals surface area (Å²) in [5.41, 5.74) is 3.14. The number of aromatic nitrogens is 3. The number of H-pyrrole nitrogens is 1. The zero-order valence-corrected chi connectivity index (χ0v) is 14.8. The SMILES string of the molecule is C=CC(=O)N1C[C@H]2C[C@@H]1[C@H](c1cc3cc(-c4ccccc4O)nnc3[nH]1)C2. The van der Waals surface area contributed by atoms with Crippen LogP contribution in [0.3, 0.4) is 0 Å². The van der Waals surface area contributed by atoms with Gasteiger partial charge in [0.2, 0.25) is 5.91 Å². The fourth-order valence-electron chi connectivity index (χ4n) is 4.71. The Morgan fingerprint density at radius 1 is 1.26 bits per heavy atom. The summed E-state index contributed by atoms with van der Waals surface area (Å²) in [5, 5.41) is 19.6. The minimum atomic E-state index is 0.0185. The zero-order valence-electron chi connectivity index (χ0n) is 14.8. The van der Waals surface area contributed by atoms with Crippen LogP contribution in [-0.2, 0) is 4.79 Å². The third kappa shape index (κ3) is 2.51. The summed E-state index contributed by atoms with van der Waals surface area (Å²) in [5.74, 6) is 1.05. The molecular weight excluding hydrogens is 340 g/mol. The van der Waals surface area contributed by atoms with Crippen molar-refractivity contribution in [3.05, 3.63) is 54.7 Å². The minimum absolute atomic E-state index is 0.0185. The number of fused-ring (bicyclic) bond motifs is 3. The largest absolute Gasteiger partial charge is 0.507 e. The Kier molecular flexibility index (Phi) is 3.53. The molecule has 0 unspecified atom stereocenters. The summed E-state index contributed by atoms with van der Waals surface area (Å²) >= 11 is 0. The number of aromatic hydroxyl groups is 1. The van der Waals surface area contributed by atoms with Gasteiger partial charge in [0.15, 0.2) is 5.65 Å². The first-order valence-corrected chi connectivity index (χ1v) is 9.22. The van der Waals surface area contributed by atoms with Crippen molar-refractivity contribution < 1.29 is 9.90 Å². The Morgan fingerprint density at radius 3 is 2.89 bits per heavy atom. The van der Waals surface area contributed by atoms with Crippen molar-refractivity contribution in [1.29, 1.82) is 0 Å². The molecular formula is C21H20N4O2. The van der Waals surface area contributed by atoms with Gasteiger partial charge in [0.25, 0.3) is 0 Å². The van der Waals surface area contributed by atoms with Crippen molar-refractivity contribution in [2.75, 3.05) is 6.54 Å². The van der Waals surface area contributed by atoms with Gasteiger partial charge in [-0.25, -0.2) is 0 Å². The molecule has 1 aliphatic carbocycles. The highest BCUT2D eigenvalue weighted by atomic mass is 16.3. The molecule has 1 saturated heterocycles. The molecule has 1 amide bonds. The lowest BCUT2D eigenvalue weighted by Crippen LogP contribution is -2.40. The van der Waals surface area contributed by atoms with E-state index in [1.807, 2.05) is 23.1 Å². The molecule has 136 valence electrons. The van der Waals surface area contributed by atoms with Crippen LogP contribution in [0.5, 0.6) is 5.75 Å². The van der Waals surface area contributed by atoms with Gasteiger partial charge in [0.05, 0.1) is 5.69 Å². The number of carbonyl (C=O) groups excluding carboxylic acids is 1. The maximum absolute atomic E-state index is 12.1. The first-order valence-electron chi connectivity index (χ1n) is 9.22.